The molecule has 198 valence electrons. The van der Waals surface area contributed by atoms with Gasteiger partial charge in [-0.05, 0) is 45.9 Å². The van der Waals surface area contributed by atoms with Crippen LogP contribution in [0.3, 0.4) is 0 Å². The van der Waals surface area contributed by atoms with Crippen molar-refractivity contribution in [3.8, 4) is 17.3 Å². The van der Waals surface area contributed by atoms with E-state index < -0.39 is 35.3 Å². The Morgan fingerprint density at radius 1 is 1.19 bits per heavy atom. The molecule has 0 aliphatic heterocycles. The van der Waals surface area contributed by atoms with Crippen molar-refractivity contribution in [3.05, 3.63) is 59.0 Å². The molecular formula is C24H26ClF2N5O5. The average molecular weight is 538 g/mol. The molecule has 1 aromatic carbocycles. The number of benzene rings is 1. The van der Waals surface area contributed by atoms with Crippen LogP contribution < -0.4 is 10.1 Å². The first-order valence-electron chi connectivity index (χ1n) is 11.3. The fraction of sp³-hybridized carbons (Fsp3) is 0.375. The van der Waals surface area contributed by atoms with Gasteiger partial charge in [-0.15, -0.1) is 5.10 Å². The predicted octanol–water partition coefficient (Wildman–Crippen LogP) is 4.78. The van der Waals surface area contributed by atoms with Crippen molar-refractivity contribution in [2.45, 2.75) is 52.2 Å². The summed E-state index contributed by atoms with van der Waals surface area (Å²) in [5.74, 6) is -2.38. The minimum Gasteiger partial charge on any atom is -0.466 e. The Kier molecular flexibility index (Phi) is 8.98. The number of alkyl carbamates (subject to hydrolysis) is 1. The van der Waals surface area contributed by atoms with Crippen molar-refractivity contribution in [2.24, 2.45) is 0 Å². The number of hydrogen-bond donors (Lipinski definition) is 1. The lowest BCUT2D eigenvalue weighted by Crippen LogP contribution is -2.41. The fourth-order valence-electron chi connectivity index (χ4n) is 3.16. The molecule has 2 aromatic heterocycles. The number of nitrogens with one attached hydrogen (secondary N) is 1. The maximum absolute atomic E-state index is 14.8. The molecule has 0 radical (unpaired) electrons. The maximum Gasteiger partial charge on any atom is 0.407 e. The van der Waals surface area contributed by atoms with Crippen LogP contribution in [-0.2, 0) is 20.7 Å². The number of amides is 1. The number of ether oxygens (including phenoxy) is 3. The van der Waals surface area contributed by atoms with Gasteiger partial charge < -0.3 is 19.5 Å². The maximum atomic E-state index is 14.8. The molecule has 1 atom stereocenters. The molecule has 10 nitrogen and oxygen atoms in total. The number of nitrogens with zero attached hydrogens (tertiary/aromatic N) is 4. The van der Waals surface area contributed by atoms with Crippen LogP contribution in [-0.4, -0.2) is 50.3 Å². The first kappa shape index (κ1) is 27.8. The number of carbonyl (C=O) groups is 2. The zero-order chi connectivity index (χ0) is 27.2. The number of carbonyl (C=O) groups excluding carboxylic acids is 2. The summed E-state index contributed by atoms with van der Waals surface area (Å²) in [6, 6.07) is 4.13. The minimum absolute atomic E-state index is 0.00590. The Morgan fingerprint density at radius 3 is 2.59 bits per heavy atom. The fourth-order valence-corrected chi connectivity index (χ4v) is 3.30. The summed E-state index contributed by atoms with van der Waals surface area (Å²) in [5, 5.41) is 10.7. The van der Waals surface area contributed by atoms with Gasteiger partial charge in [-0.25, -0.2) is 23.2 Å². The second-order valence-corrected chi connectivity index (χ2v) is 9.30. The van der Waals surface area contributed by atoms with Gasteiger partial charge in [0.05, 0.1) is 29.9 Å². The molecule has 3 rings (SSSR count). The standard InChI is InChI=1S/C24H26ClF2N5O5/c1-5-35-21(33)10-15(29-23(34)37-24(2,3)4)9-16-13-32(31-30-16)20-7-6-17(11-18(20)26)36-22-19(27)8-14(25)12-28-22/h6-8,11-13,15H,5,9-10H2,1-4H3,(H,29,34). The van der Waals surface area contributed by atoms with Gasteiger partial charge in [-0.1, -0.05) is 16.8 Å². The van der Waals surface area contributed by atoms with Gasteiger partial charge in [-0.2, -0.15) is 0 Å². The molecule has 13 heteroatoms. The third-order valence-corrected chi connectivity index (χ3v) is 4.80. The second-order valence-electron chi connectivity index (χ2n) is 8.87. The molecule has 0 bridgehead atoms. The van der Waals surface area contributed by atoms with Crippen LogP contribution in [0.2, 0.25) is 5.02 Å². The predicted molar refractivity (Wildman–Crippen MR) is 129 cm³/mol. The van der Waals surface area contributed by atoms with Crippen LogP contribution in [0.15, 0.2) is 36.7 Å². The summed E-state index contributed by atoms with van der Waals surface area (Å²) in [6.07, 6.45) is 1.92. The highest BCUT2D eigenvalue weighted by atomic mass is 35.5. The van der Waals surface area contributed by atoms with E-state index in [0.29, 0.717) is 5.69 Å². The van der Waals surface area contributed by atoms with Gasteiger partial charge in [0.1, 0.15) is 17.0 Å². The zero-order valence-electron chi connectivity index (χ0n) is 20.6. The Hall–Kier alpha value is -3.80. The third-order valence-electron chi connectivity index (χ3n) is 4.59. The van der Waals surface area contributed by atoms with Crippen molar-refractivity contribution in [3.63, 3.8) is 0 Å². The Morgan fingerprint density at radius 2 is 1.95 bits per heavy atom. The van der Waals surface area contributed by atoms with E-state index in [2.05, 4.69) is 20.6 Å². The number of aromatic nitrogens is 4. The molecule has 3 aromatic rings. The molecule has 0 saturated heterocycles. The molecule has 0 aliphatic rings. The smallest absolute Gasteiger partial charge is 0.407 e. The van der Waals surface area contributed by atoms with E-state index in [4.69, 9.17) is 25.8 Å². The zero-order valence-corrected chi connectivity index (χ0v) is 21.4. The van der Waals surface area contributed by atoms with E-state index >= 15 is 0 Å². The summed E-state index contributed by atoms with van der Waals surface area (Å²) in [6.45, 7) is 7.00. The molecule has 1 N–H and O–H groups in total. The van der Waals surface area contributed by atoms with Gasteiger partial charge >= 0.3 is 12.1 Å². The lowest BCUT2D eigenvalue weighted by atomic mass is 10.1. The van der Waals surface area contributed by atoms with E-state index in [0.717, 1.165) is 12.1 Å². The number of esters is 1. The van der Waals surface area contributed by atoms with Crippen molar-refractivity contribution in [1.29, 1.82) is 0 Å². The summed E-state index contributed by atoms with van der Waals surface area (Å²) in [4.78, 5) is 28.0. The van der Waals surface area contributed by atoms with E-state index in [9.17, 15) is 18.4 Å². The highest BCUT2D eigenvalue weighted by Crippen LogP contribution is 2.26. The van der Waals surface area contributed by atoms with Gasteiger partial charge in [0.2, 0.25) is 0 Å². The number of rotatable bonds is 9. The molecule has 0 saturated carbocycles. The molecule has 1 amide bonds. The molecule has 0 spiro atoms. The average Bonchev–Trinajstić information content (AvgIpc) is 3.22. The molecule has 0 aliphatic carbocycles. The van der Waals surface area contributed by atoms with Crippen LogP contribution in [0.4, 0.5) is 13.6 Å². The summed E-state index contributed by atoms with van der Waals surface area (Å²) < 4.78 is 45.5. The largest absolute Gasteiger partial charge is 0.466 e. The van der Waals surface area contributed by atoms with Crippen LogP contribution in [0, 0.1) is 11.6 Å². The van der Waals surface area contributed by atoms with Crippen molar-refractivity contribution in [2.75, 3.05) is 6.61 Å². The highest BCUT2D eigenvalue weighted by Gasteiger charge is 2.23. The topological polar surface area (TPSA) is 117 Å². The highest BCUT2D eigenvalue weighted by molar-refractivity contribution is 6.30. The minimum atomic E-state index is -0.796. The SMILES string of the molecule is CCOC(=O)CC(Cc1cn(-c2ccc(Oc3ncc(Cl)cc3F)cc2F)nn1)NC(=O)OC(C)(C)C. The van der Waals surface area contributed by atoms with E-state index in [1.54, 1.807) is 27.7 Å². The van der Waals surface area contributed by atoms with Crippen LogP contribution in [0.1, 0.15) is 39.8 Å². The molecule has 0 fully saturated rings. The van der Waals surface area contributed by atoms with Gasteiger partial charge in [-0.3, -0.25) is 4.79 Å². The molecular weight excluding hydrogens is 512 g/mol. The molecule has 37 heavy (non-hydrogen) atoms. The van der Waals surface area contributed by atoms with E-state index in [1.165, 1.54) is 29.2 Å². The molecule has 1 unspecified atom stereocenters. The van der Waals surface area contributed by atoms with Gasteiger partial charge in [0, 0.05) is 24.7 Å². The quantitative estimate of drug-likeness (QED) is 0.388. The molecule has 2 heterocycles. The van der Waals surface area contributed by atoms with Crippen molar-refractivity contribution in [1.82, 2.24) is 25.3 Å². The summed E-state index contributed by atoms with van der Waals surface area (Å²) in [5.41, 5.74) is -0.319. The lowest BCUT2D eigenvalue weighted by Gasteiger charge is -2.23. The monoisotopic (exact) mass is 537 g/mol. The summed E-state index contributed by atoms with van der Waals surface area (Å²) >= 11 is 5.67. The first-order valence-corrected chi connectivity index (χ1v) is 11.7. The van der Waals surface area contributed by atoms with Crippen LogP contribution in [0.25, 0.3) is 5.69 Å². The Labute approximate surface area is 216 Å². The summed E-state index contributed by atoms with van der Waals surface area (Å²) in [7, 11) is 0. The van der Waals surface area contributed by atoms with Crippen LogP contribution in [0.5, 0.6) is 11.6 Å². The van der Waals surface area contributed by atoms with Gasteiger partial charge in [0.15, 0.2) is 11.6 Å². The number of hydrogen-bond acceptors (Lipinski definition) is 8. The van der Waals surface area contributed by atoms with E-state index in [1.807, 2.05) is 0 Å². The number of halogens is 3. The van der Waals surface area contributed by atoms with Crippen LogP contribution >= 0.6 is 11.6 Å². The van der Waals surface area contributed by atoms with Crippen molar-refractivity contribution < 1.29 is 32.6 Å². The van der Waals surface area contributed by atoms with Gasteiger partial charge in [0.25, 0.3) is 5.88 Å². The van der Waals surface area contributed by atoms with E-state index in [-0.39, 0.29) is 41.8 Å². The lowest BCUT2D eigenvalue weighted by molar-refractivity contribution is -0.143. The Balaban J connectivity index is 1.73. The Bertz CT molecular complexity index is 1260. The van der Waals surface area contributed by atoms with Crippen molar-refractivity contribution >= 4 is 23.7 Å². The third kappa shape index (κ3) is 8.38. The normalized spacial score (nSPS) is 12.1. The number of pyridine rings is 1. The first-order chi connectivity index (χ1) is 17.4. The second kappa shape index (κ2) is 12.0.